The minimum absolute atomic E-state index is 0.105. The Bertz CT molecular complexity index is 240. The van der Waals surface area contributed by atoms with Crippen LogP contribution in [0.1, 0.15) is 46.5 Å². The molecule has 4 aliphatic heterocycles. The van der Waals surface area contributed by atoms with Gasteiger partial charge in [0.05, 0.1) is 23.9 Å². The van der Waals surface area contributed by atoms with E-state index >= 15 is 0 Å². The summed E-state index contributed by atoms with van der Waals surface area (Å²) in [7, 11) is 0. The van der Waals surface area contributed by atoms with E-state index in [2.05, 4.69) is 20.8 Å². The van der Waals surface area contributed by atoms with Crippen LogP contribution in [0.2, 0.25) is 0 Å². The minimum atomic E-state index is 0.105. The van der Waals surface area contributed by atoms with Gasteiger partial charge in [-0.3, -0.25) is 0 Å². The van der Waals surface area contributed by atoms with Crippen LogP contribution >= 0.6 is 0 Å². The number of ether oxygens (including phenoxy) is 2. The van der Waals surface area contributed by atoms with Crippen molar-refractivity contribution in [3.8, 4) is 0 Å². The summed E-state index contributed by atoms with van der Waals surface area (Å²) in [6.07, 6.45) is 5.96. The standard InChI is InChI=1S/C12H20O2/c1-11(2,3)12-5-4-8-6-9(14-12)10(7-12)13-8/h8-10H,4-7H2,1-3H3. The van der Waals surface area contributed by atoms with Crippen molar-refractivity contribution in [2.45, 2.75) is 70.4 Å². The summed E-state index contributed by atoms with van der Waals surface area (Å²) in [5.74, 6) is 0. The van der Waals surface area contributed by atoms with Crippen LogP contribution in [0.5, 0.6) is 0 Å². The Morgan fingerprint density at radius 1 is 1.21 bits per heavy atom. The van der Waals surface area contributed by atoms with Gasteiger partial charge in [0.15, 0.2) is 0 Å². The monoisotopic (exact) mass is 196 g/mol. The Kier molecular flexibility index (Phi) is 1.66. The molecule has 0 aromatic carbocycles. The quantitative estimate of drug-likeness (QED) is 0.592. The average molecular weight is 196 g/mol. The highest BCUT2D eigenvalue weighted by molar-refractivity contribution is 5.07. The van der Waals surface area contributed by atoms with E-state index in [-0.39, 0.29) is 11.0 Å². The normalized spacial score (nSPS) is 51.2. The summed E-state index contributed by atoms with van der Waals surface area (Å²) in [4.78, 5) is 0. The largest absolute Gasteiger partial charge is 0.372 e. The van der Waals surface area contributed by atoms with Crippen molar-refractivity contribution in [2.75, 3.05) is 0 Å². The topological polar surface area (TPSA) is 18.5 Å². The van der Waals surface area contributed by atoms with Gasteiger partial charge >= 0.3 is 0 Å². The number of fused-ring (bicyclic) bond motifs is 1. The van der Waals surface area contributed by atoms with Crippen LogP contribution in [-0.2, 0) is 9.47 Å². The molecule has 0 aromatic rings. The van der Waals surface area contributed by atoms with E-state index in [0.717, 1.165) is 12.8 Å². The van der Waals surface area contributed by atoms with Gasteiger partial charge in [-0.05, 0) is 18.3 Å². The highest BCUT2D eigenvalue weighted by Crippen LogP contribution is 2.54. The smallest absolute Gasteiger partial charge is 0.0870 e. The van der Waals surface area contributed by atoms with E-state index in [0.29, 0.717) is 18.3 Å². The van der Waals surface area contributed by atoms with E-state index in [9.17, 15) is 0 Å². The van der Waals surface area contributed by atoms with Gasteiger partial charge in [-0.2, -0.15) is 0 Å². The molecule has 0 aromatic heterocycles. The molecule has 4 aliphatic rings. The van der Waals surface area contributed by atoms with Crippen molar-refractivity contribution in [1.82, 2.24) is 0 Å². The second kappa shape index (κ2) is 2.53. The molecule has 0 radical (unpaired) electrons. The minimum Gasteiger partial charge on any atom is -0.372 e. The van der Waals surface area contributed by atoms with Gasteiger partial charge in [-0.1, -0.05) is 20.8 Å². The molecular formula is C12H20O2. The van der Waals surface area contributed by atoms with Crippen molar-refractivity contribution in [3.63, 3.8) is 0 Å². The highest BCUT2D eigenvalue weighted by atomic mass is 16.6. The molecule has 4 atom stereocenters. The van der Waals surface area contributed by atoms with Gasteiger partial charge in [0.1, 0.15) is 0 Å². The van der Waals surface area contributed by atoms with Crippen LogP contribution in [0.3, 0.4) is 0 Å². The van der Waals surface area contributed by atoms with Gasteiger partial charge in [-0.15, -0.1) is 0 Å². The summed E-state index contributed by atoms with van der Waals surface area (Å²) in [6.45, 7) is 6.91. The molecule has 80 valence electrons. The first-order chi connectivity index (χ1) is 6.50. The van der Waals surface area contributed by atoms with E-state index in [1.165, 1.54) is 12.8 Å². The summed E-state index contributed by atoms with van der Waals surface area (Å²) in [5.41, 5.74) is 0.357. The number of hydrogen-bond acceptors (Lipinski definition) is 2. The fourth-order valence-electron chi connectivity index (χ4n) is 3.37. The molecule has 4 unspecified atom stereocenters. The van der Waals surface area contributed by atoms with Crippen LogP contribution in [0.4, 0.5) is 0 Å². The lowest BCUT2D eigenvalue weighted by Crippen LogP contribution is -2.42. The zero-order valence-electron chi connectivity index (χ0n) is 9.38. The summed E-state index contributed by atoms with van der Waals surface area (Å²) in [5, 5.41) is 0. The SMILES string of the molecule is CC(C)(C)C12CCC3CC(O1)C(C2)O3. The molecule has 0 aliphatic carbocycles. The first-order valence-corrected chi connectivity index (χ1v) is 5.83. The molecule has 0 N–H and O–H groups in total. The third-order valence-corrected chi connectivity index (χ3v) is 4.42. The Labute approximate surface area is 86.0 Å². The number of hydrogen-bond donors (Lipinski definition) is 0. The van der Waals surface area contributed by atoms with Crippen molar-refractivity contribution >= 4 is 0 Å². The Hall–Kier alpha value is -0.0800. The molecule has 0 saturated carbocycles. The maximum absolute atomic E-state index is 6.30. The second-order valence-electron chi connectivity index (χ2n) is 6.18. The van der Waals surface area contributed by atoms with Gasteiger partial charge in [0.25, 0.3) is 0 Å². The van der Waals surface area contributed by atoms with Crippen LogP contribution in [0, 0.1) is 5.41 Å². The van der Waals surface area contributed by atoms with Crippen molar-refractivity contribution in [2.24, 2.45) is 5.41 Å². The summed E-state index contributed by atoms with van der Waals surface area (Å²) >= 11 is 0. The molecule has 4 heterocycles. The maximum Gasteiger partial charge on any atom is 0.0870 e. The molecule has 2 nitrogen and oxygen atoms in total. The Morgan fingerprint density at radius 2 is 2.00 bits per heavy atom. The van der Waals surface area contributed by atoms with E-state index in [4.69, 9.17) is 9.47 Å². The van der Waals surface area contributed by atoms with Crippen molar-refractivity contribution < 1.29 is 9.47 Å². The summed E-state index contributed by atoms with van der Waals surface area (Å²) in [6, 6.07) is 0. The van der Waals surface area contributed by atoms with E-state index in [1.807, 2.05) is 0 Å². The fraction of sp³-hybridized carbons (Fsp3) is 1.00. The Morgan fingerprint density at radius 3 is 2.64 bits per heavy atom. The molecule has 4 rings (SSSR count). The average Bonchev–Trinajstić information content (AvgIpc) is 2.32. The molecule has 0 amide bonds. The second-order valence-corrected chi connectivity index (χ2v) is 6.18. The predicted molar refractivity (Wildman–Crippen MR) is 54.2 cm³/mol. The van der Waals surface area contributed by atoms with Crippen LogP contribution in [-0.4, -0.2) is 23.9 Å². The third-order valence-electron chi connectivity index (χ3n) is 4.42. The lowest BCUT2D eigenvalue weighted by Gasteiger charge is -2.40. The zero-order valence-corrected chi connectivity index (χ0v) is 9.38. The zero-order chi connectivity index (χ0) is 9.97. The number of rotatable bonds is 0. The van der Waals surface area contributed by atoms with Crippen LogP contribution in [0.25, 0.3) is 0 Å². The third kappa shape index (κ3) is 1.04. The predicted octanol–water partition coefficient (Wildman–Crippen LogP) is 2.51. The Balaban J connectivity index is 1.97. The van der Waals surface area contributed by atoms with Crippen LogP contribution < -0.4 is 0 Å². The van der Waals surface area contributed by atoms with Crippen LogP contribution in [0.15, 0.2) is 0 Å². The lowest BCUT2D eigenvalue weighted by molar-refractivity contribution is -0.108. The highest BCUT2D eigenvalue weighted by Gasteiger charge is 2.58. The van der Waals surface area contributed by atoms with E-state index in [1.54, 1.807) is 0 Å². The summed E-state index contributed by atoms with van der Waals surface area (Å²) < 4.78 is 12.3. The van der Waals surface area contributed by atoms with Gasteiger partial charge in [-0.25, -0.2) is 0 Å². The molecular weight excluding hydrogens is 176 g/mol. The molecule has 14 heavy (non-hydrogen) atoms. The molecule has 4 saturated heterocycles. The van der Waals surface area contributed by atoms with E-state index < -0.39 is 0 Å². The molecule has 4 fully saturated rings. The fourth-order valence-corrected chi connectivity index (χ4v) is 3.37. The van der Waals surface area contributed by atoms with Crippen molar-refractivity contribution in [3.05, 3.63) is 0 Å². The van der Waals surface area contributed by atoms with Crippen molar-refractivity contribution in [1.29, 1.82) is 0 Å². The van der Waals surface area contributed by atoms with Gasteiger partial charge in [0, 0.05) is 12.8 Å². The van der Waals surface area contributed by atoms with Gasteiger partial charge in [0.2, 0.25) is 0 Å². The maximum atomic E-state index is 6.30. The molecule has 4 bridgehead atoms. The first kappa shape index (κ1) is 9.17. The first-order valence-electron chi connectivity index (χ1n) is 5.83. The van der Waals surface area contributed by atoms with Gasteiger partial charge < -0.3 is 9.47 Å². The molecule has 2 heteroatoms. The lowest BCUT2D eigenvalue weighted by atomic mass is 9.71. The molecule has 0 spiro atoms.